The van der Waals surface area contributed by atoms with Crippen LogP contribution in [0.15, 0.2) is 89.1 Å². The van der Waals surface area contributed by atoms with Crippen LogP contribution in [0.1, 0.15) is 12.0 Å². The summed E-state index contributed by atoms with van der Waals surface area (Å²) in [6.45, 7) is 0. The van der Waals surface area contributed by atoms with Gasteiger partial charge >= 0.3 is 0 Å². The van der Waals surface area contributed by atoms with E-state index in [0.717, 1.165) is 27.1 Å². The molecule has 1 saturated heterocycles. The number of nitrogens with one attached hydrogen (secondary N) is 2. The van der Waals surface area contributed by atoms with Crippen molar-refractivity contribution < 1.29 is 9.59 Å². The molecule has 1 aliphatic heterocycles. The fourth-order valence-corrected chi connectivity index (χ4v) is 4.88. The number of benzene rings is 4. The summed E-state index contributed by atoms with van der Waals surface area (Å²) in [4.78, 5) is 24.7. The maximum absolute atomic E-state index is 12.3. The summed E-state index contributed by atoms with van der Waals surface area (Å²) in [5.74, 6) is -0.525. The second kappa shape index (κ2) is 9.67. The Bertz CT molecular complexity index is 1410. The van der Waals surface area contributed by atoms with Crippen molar-refractivity contribution in [1.82, 2.24) is 5.32 Å². The topological polar surface area (TPSA) is 82.9 Å². The molecule has 0 saturated carbocycles. The van der Waals surface area contributed by atoms with Crippen molar-refractivity contribution in [2.24, 2.45) is 10.2 Å². The first-order valence-corrected chi connectivity index (χ1v) is 11.9. The number of rotatable bonds is 5. The number of carbonyl (C=O) groups is 2. The predicted molar refractivity (Wildman–Crippen MR) is 141 cm³/mol. The van der Waals surface area contributed by atoms with E-state index in [-0.39, 0.29) is 18.2 Å². The number of carbonyl (C=O) groups excluding carboxylic acids is 2. The third-order valence-corrected chi connectivity index (χ3v) is 6.75. The van der Waals surface area contributed by atoms with Gasteiger partial charge in [-0.3, -0.25) is 9.59 Å². The number of fused-ring (bicyclic) bond motifs is 2. The van der Waals surface area contributed by atoms with Gasteiger partial charge < -0.3 is 10.6 Å². The highest BCUT2D eigenvalue weighted by molar-refractivity contribution is 8.15. The van der Waals surface area contributed by atoms with Gasteiger partial charge in [-0.15, -0.1) is 5.10 Å². The maximum Gasteiger partial charge on any atom is 0.240 e. The van der Waals surface area contributed by atoms with Crippen LogP contribution < -0.4 is 10.6 Å². The van der Waals surface area contributed by atoms with Crippen LogP contribution in [0.4, 0.5) is 5.69 Å². The van der Waals surface area contributed by atoms with Crippen LogP contribution in [0, 0.1) is 0 Å². The number of halogens is 1. The number of nitrogens with zero attached hydrogens (tertiary/aromatic N) is 2. The first-order valence-electron chi connectivity index (χ1n) is 10.6. The number of amidine groups is 1. The van der Waals surface area contributed by atoms with Crippen LogP contribution in [0.25, 0.3) is 21.5 Å². The van der Waals surface area contributed by atoms with Gasteiger partial charge in [-0.2, -0.15) is 5.10 Å². The summed E-state index contributed by atoms with van der Waals surface area (Å²) in [6.07, 6.45) is 1.74. The minimum absolute atomic E-state index is 0.0236. The van der Waals surface area contributed by atoms with Crippen LogP contribution in [0.3, 0.4) is 0 Å². The molecular weight excluding hydrogens is 468 g/mol. The average molecular weight is 487 g/mol. The number of thioether (sulfide) groups is 1. The average Bonchev–Trinajstić information content (AvgIpc) is 3.18. The molecule has 0 bridgehead atoms. The van der Waals surface area contributed by atoms with E-state index >= 15 is 0 Å². The van der Waals surface area contributed by atoms with Gasteiger partial charge in [0.25, 0.3) is 0 Å². The van der Waals surface area contributed by atoms with Crippen molar-refractivity contribution in [3.63, 3.8) is 0 Å². The van der Waals surface area contributed by atoms with Crippen LogP contribution in [0.2, 0.25) is 5.02 Å². The molecular formula is C26H19ClN4O2S. The van der Waals surface area contributed by atoms with Crippen LogP contribution >= 0.6 is 23.4 Å². The molecule has 1 heterocycles. The SMILES string of the molecule is O=C(CC1S/C(=N/N=C/c2c3ccccc3cc3ccccc23)NC1=O)Nc1ccc(Cl)cc1. The molecule has 4 aromatic carbocycles. The van der Waals surface area contributed by atoms with Crippen LogP contribution in [0.5, 0.6) is 0 Å². The zero-order valence-corrected chi connectivity index (χ0v) is 19.4. The van der Waals surface area contributed by atoms with Gasteiger partial charge in [0.2, 0.25) is 11.8 Å². The van der Waals surface area contributed by atoms with E-state index in [4.69, 9.17) is 11.6 Å². The molecule has 1 aliphatic rings. The van der Waals surface area contributed by atoms with Crippen molar-refractivity contribution in [1.29, 1.82) is 0 Å². The van der Waals surface area contributed by atoms with E-state index in [2.05, 4.69) is 51.2 Å². The summed E-state index contributed by atoms with van der Waals surface area (Å²) in [5, 5.41) is 18.7. The van der Waals surface area contributed by atoms with Gasteiger partial charge in [-0.1, -0.05) is 71.9 Å². The monoisotopic (exact) mass is 486 g/mol. The second-order valence-corrected chi connectivity index (χ2v) is 9.37. The Morgan fingerprint density at radius 3 is 2.32 bits per heavy atom. The van der Waals surface area contributed by atoms with Crippen molar-refractivity contribution >= 4 is 73.8 Å². The third kappa shape index (κ3) is 4.81. The third-order valence-electron chi connectivity index (χ3n) is 5.42. The molecule has 2 N–H and O–H groups in total. The predicted octanol–water partition coefficient (Wildman–Crippen LogP) is 5.60. The fourth-order valence-electron chi connectivity index (χ4n) is 3.83. The lowest BCUT2D eigenvalue weighted by Crippen LogP contribution is -2.28. The highest BCUT2D eigenvalue weighted by Crippen LogP contribution is 2.28. The largest absolute Gasteiger partial charge is 0.326 e. The van der Waals surface area contributed by atoms with Crippen molar-refractivity contribution in [3.8, 4) is 0 Å². The minimum Gasteiger partial charge on any atom is -0.326 e. The quantitative estimate of drug-likeness (QED) is 0.219. The van der Waals surface area contributed by atoms with Gasteiger partial charge in [0, 0.05) is 22.7 Å². The highest BCUT2D eigenvalue weighted by Gasteiger charge is 2.32. The summed E-state index contributed by atoms with van der Waals surface area (Å²) in [7, 11) is 0. The standard InChI is InChI=1S/C26H19ClN4O2S/c27-18-9-11-19(12-10-18)29-24(32)14-23-25(33)30-26(34-23)31-28-15-22-20-7-3-1-5-16(20)13-17-6-2-4-8-21(17)22/h1-13,15,23H,14H2,(H,29,32)(H,30,31,33)/b28-15+. The summed E-state index contributed by atoms with van der Waals surface area (Å²) in [5.41, 5.74) is 1.59. The molecule has 8 heteroatoms. The molecule has 34 heavy (non-hydrogen) atoms. The van der Waals surface area contributed by atoms with Gasteiger partial charge in [0.05, 0.1) is 6.21 Å². The van der Waals surface area contributed by atoms with E-state index in [1.54, 1.807) is 30.5 Å². The van der Waals surface area contributed by atoms with Gasteiger partial charge in [0.1, 0.15) is 5.25 Å². The maximum atomic E-state index is 12.3. The zero-order valence-electron chi connectivity index (χ0n) is 17.9. The normalized spacial score (nSPS) is 17.0. The van der Waals surface area contributed by atoms with Crippen LogP contribution in [-0.4, -0.2) is 28.4 Å². The fraction of sp³-hybridized carbons (Fsp3) is 0.0769. The van der Waals surface area contributed by atoms with Crippen molar-refractivity contribution in [3.05, 3.63) is 89.4 Å². The minimum atomic E-state index is -0.570. The van der Waals surface area contributed by atoms with Gasteiger partial charge in [0.15, 0.2) is 5.17 Å². The Morgan fingerprint density at radius 1 is 1.00 bits per heavy atom. The Labute approximate surface area is 205 Å². The molecule has 1 atom stereocenters. The molecule has 0 spiro atoms. The smallest absolute Gasteiger partial charge is 0.240 e. The Kier molecular flexibility index (Phi) is 6.29. The second-order valence-electron chi connectivity index (χ2n) is 7.74. The van der Waals surface area contributed by atoms with E-state index in [9.17, 15) is 9.59 Å². The van der Waals surface area contributed by atoms with Crippen LogP contribution in [-0.2, 0) is 9.59 Å². The van der Waals surface area contributed by atoms with Gasteiger partial charge in [-0.05, 0) is 51.9 Å². The Hall–Kier alpha value is -3.68. The van der Waals surface area contributed by atoms with Crippen molar-refractivity contribution in [2.45, 2.75) is 11.7 Å². The van der Waals surface area contributed by atoms with Gasteiger partial charge in [-0.25, -0.2) is 0 Å². The summed E-state index contributed by atoms with van der Waals surface area (Å²) in [6, 6.07) is 25.2. The first-order chi connectivity index (χ1) is 16.6. The van der Waals surface area contributed by atoms with E-state index < -0.39 is 5.25 Å². The lowest BCUT2D eigenvalue weighted by Gasteiger charge is -2.07. The molecule has 0 radical (unpaired) electrons. The first kappa shape index (κ1) is 22.1. The van der Waals surface area contributed by atoms with Crippen molar-refractivity contribution in [2.75, 3.05) is 5.32 Å². The lowest BCUT2D eigenvalue weighted by molar-refractivity contribution is -0.122. The Morgan fingerprint density at radius 2 is 1.65 bits per heavy atom. The summed E-state index contributed by atoms with van der Waals surface area (Å²) < 4.78 is 0. The molecule has 0 aromatic heterocycles. The molecule has 1 unspecified atom stereocenters. The molecule has 0 aliphatic carbocycles. The number of amides is 2. The number of anilines is 1. The van der Waals surface area contributed by atoms with E-state index in [1.165, 1.54) is 11.8 Å². The molecule has 4 aromatic rings. The molecule has 168 valence electrons. The Balaban J connectivity index is 1.31. The zero-order chi connectivity index (χ0) is 23.5. The number of hydrogen-bond donors (Lipinski definition) is 2. The molecule has 1 fully saturated rings. The molecule has 5 rings (SSSR count). The van der Waals surface area contributed by atoms with E-state index in [1.807, 2.05) is 24.3 Å². The highest BCUT2D eigenvalue weighted by atomic mass is 35.5. The lowest BCUT2D eigenvalue weighted by atomic mass is 9.97. The summed E-state index contributed by atoms with van der Waals surface area (Å²) >= 11 is 7.06. The number of hydrogen-bond acceptors (Lipinski definition) is 5. The molecule has 2 amide bonds. The van der Waals surface area contributed by atoms with E-state index in [0.29, 0.717) is 15.9 Å². The molecule has 6 nitrogen and oxygen atoms in total.